The molecule has 0 saturated carbocycles. The maximum Gasteiger partial charge on any atom is 0.0263 e. The molecule has 2 aliphatic rings. The zero-order valence-electron chi connectivity index (χ0n) is 8.70. The molecular weight excluding hydrogens is 230 g/mol. The molecule has 1 N–H and O–H groups in total. The van der Waals surface area contributed by atoms with Crippen LogP contribution in [0.2, 0.25) is 0 Å². The standard InChI is InChI=1S/C10H19NS3/c1-8-10(2-3-13-8)11-6-9-7-12-4-5-14-9/h8-11H,2-7H2,1H3. The van der Waals surface area contributed by atoms with Gasteiger partial charge < -0.3 is 5.32 Å². The quantitative estimate of drug-likeness (QED) is 0.823. The van der Waals surface area contributed by atoms with Crippen molar-refractivity contribution in [1.29, 1.82) is 0 Å². The minimum atomic E-state index is 0.785. The molecule has 14 heavy (non-hydrogen) atoms. The van der Waals surface area contributed by atoms with Crippen LogP contribution in [0.3, 0.4) is 0 Å². The van der Waals surface area contributed by atoms with Gasteiger partial charge in [-0.1, -0.05) is 6.92 Å². The average Bonchev–Trinajstić information content (AvgIpc) is 2.63. The Hall–Kier alpha value is 1.01. The predicted octanol–water partition coefficient (Wildman–Crippen LogP) is 2.32. The summed E-state index contributed by atoms with van der Waals surface area (Å²) in [5.74, 6) is 5.42. The zero-order chi connectivity index (χ0) is 9.80. The highest BCUT2D eigenvalue weighted by atomic mass is 32.2. The molecule has 0 aromatic heterocycles. The molecule has 2 aliphatic heterocycles. The summed E-state index contributed by atoms with van der Waals surface area (Å²) in [6.45, 7) is 3.59. The van der Waals surface area contributed by atoms with Crippen molar-refractivity contribution in [3.63, 3.8) is 0 Å². The molecule has 2 rings (SSSR count). The van der Waals surface area contributed by atoms with Crippen molar-refractivity contribution in [2.24, 2.45) is 0 Å². The van der Waals surface area contributed by atoms with Crippen LogP contribution in [0.4, 0.5) is 0 Å². The minimum Gasteiger partial charge on any atom is -0.312 e. The van der Waals surface area contributed by atoms with Gasteiger partial charge in [-0.2, -0.15) is 35.3 Å². The summed E-state index contributed by atoms with van der Waals surface area (Å²) in [5, 5.41) is 5.44. The highest BCUT2D eigenvalue weighted by Crippen LogP contribution is 2.27. The number of thioether (sulfide) groups is 3. The fraction of sp³-hybridized carbons (Fsp3) is 1.00. The van der Waals surface area contributed by atoms with Crippen molar-refractivity contribution in [1.82, 2.24) is 5.32 Å². The second-order valence-electron chi connectivity index (χ2n) is 3.95. The van der Waals surface area contributed by atoms with Gasteiger partial charge in [0.2, 0.25) is 0 Å². The molecule has 1 nitrogen and oxygen atoms in total. The van der Waals surface area contributed by atoms with Crippen LogP contribution in [0.25, 0.3) is 0 Å². The largest absolute Gasteiger partial charge is 0.312 e. The third kappa shape index (κ3) is 3.26. The molecule has 0 radical (unpaired) electrons. The van der Waals surface area contributed by atoms with Gasteiger partial charge in [-0.25, -0.2) is 0 Å². The molecule has 3 atom stereocenters. The molecule has 2 heterocycles. The topological polar surface area (TPSA) is 12.0 Å². The Morgan fingerprint density at radius 3 is 2.79 bits per heavy atom. The molecule has 0 aromatic carbocycles. The van der Waals surface area contributed by atoms with Gasteiger partial charge in [0.1, 0.15) is 0 Å². The van der Waals surface area contributed by atoms with Gasteiger partial charge in [-0.15, -0.1) is 0 Å². The van der Waals surface area contributed by atoms with Crippen molar-refractivity contribution in [3.05, 3.63) is 0 Å². The summed E-state index contributed by atoms with van der Waals surface area (Å²) in [6.07, 6.45) is 1.37. The lowest BCUT2D eigenvalue weighted by molar-refractivity contribution is 0.517. The normalized spacial score (nSPS) is 38.8. The summed E-state index contributed by atoms with van der Waals surface area (Å²) in [6, 6.07) is 0.785. The first-order valence-electron chi connectivity index (χ1n) is 5.40. The van der Waals surface area contributed by atoms with Crippen LogP contribution in [-0.4, -0.2) is 46.1 Å². The molecule has 0 aliphatic carbocycles. The van der Waals surface area contributed by atoms with Crippen molar-refractivity contribution in [3.8, 4) is 0 Å². The van der Waals surface area contributed by atoms with E-state index in [0.717, 1.165) is 16.5 Å². The summed E-state index contributed by atoms with van der Waals surface area (Å²) in [7, 11) is 0. The predicted molar refractivity (Wildman–Crippen MR) is 71.9 cm³/mol. The van der Waals surface area contributed by atoms with Crippen molar-refractivity contribution < 1.29 is 0 Å². The van der Waals surface area contributed by atoms with Crippen LogP contribution in [0.5, 0.6) is 0 Å². The van der Waals surface area contributed by atoms with Crippen LogP contribution in [0, 0.1) is 0 Å². The van der Waals surface area contributed by atoms with Gasteiger partial charge in [-0.05, 0) is 12.2 Å². The van der Waals surface area contributed by atoms with Crippen molar-refractivity contribution >= 4 is 35.3 Å². The Morgan fingerprint density at radius 1 is 1.21 bits per heavy atom. The number of nitrogens with one attached hydrogen (secondary N) is 1. The molecule has 0 amide bonds. The first-order chi connectivity index (χ1) is 6.86. The maximum atomic E-state index is 3.75. The van der Waals surface area contributed by atoms with Gasteiger partial charge in [0.15, 0.2) is 0 Å². The Bertz CT molecular complexity index is 171. The monoisotopic (exact) mass is 249 g/mol. The zero-order valence-corrected chi connectivity index (χ0v) is 11.1. The fourth-order valence-corrected chi connectivity index (χ4v) is 5.79. The SMILES string of the molecule is CC1SCCC1NCC1CSCCS1. The van der Waals surface area contributed by atoms with Crippen molar-refractivity contribution in [2.75, 3.05) is 29.6 Å². The van der Waals surface area contributed by atoms with E-state index in [1.54, 1.807) is 0 Å². The first kappa shape index (κ1) is 11.5. The molecule has 0 spiro atoms. The molecule has 82 valence electrons. The number of hydrogen-bond acceptors (Lipinski definition) is 4. The fourth-order valence-electron chi connectivity index (χ4n) is 1.94. The lowest BCUT2D eigenvalue weighted by atomic mass is 10.2. The van der Waals surface area contributed by atoms with E-state index in [0.29, 0.717) is 0 Å². The molecule has 0 bridgehead atoms. The highest BCUT2D eigenvalue weighted by Gasteiger charge is 2.24. The lowest BCUT2D eigenvalue weighted by Gasteiger charge is -2.24. The van der Waals surface area contributed by atoms with Gasteiger partial charge in [0, 0.05) is 40.3 Å². The van der Waals surface area contributed by atoms with E-state index < -0.39 is 0 Å². The molecule has 2 saturated heterocycles. The van der Waals surface area contributed by atoms with E-state index in [4.69, 9.17) is 0 Å². The van der Waals surface area contributed by atoms with Gasteiger partial charge in [0.05, 0.1) is 0 Å². The third-order valence-corrected chi connectivity index (χ3v) is 7.04. The summed E-state index contributed by atoms with van der Waals surface area (Å²) >= 11 is 6.40. The van der Waals surface area contributed by atoms with E-state index in [-0.39, 0.29) is 0 Å². The van der Waals surface area contributed by atoms with Crippen LogP contribution in [0.15, 0.2) is 0 Å². The second kappa shape index (κ2) is 5.92. The number of hydrogen-bond donors (Lipinski definition) is 1. The summed E-state index contributed by atoms with van der Waals surface area (Å²) < 4.78 is 0. The van der Waals surface area contributed by atoms with Gasteiger partial charge in [-0.3, -0.25) is 0 Å². The molecule has 0 aromatic rings. The van der Waals surface area contributed by atoms with E-state index in [1.807, 2.05) is 0 Å². The lowest BCUT2D eigenvalue weighted by Crippen LogP contribution is -2.39. The average molecular weight is 249 g/mol. The highest BCUT2D eigenvalue weighted by molar-refractivity contribution is 8.06. The Morgan fingerprint density at radius 2 is 2.14 bits per heavy atom. The molecular formula is C10H19NS3. The Kier molecular flexibility index (Phi) is 4.86. The summed E-state index contributed by atoms with van der Waals surface area (Å²) in [4.78, 5) is 0. The maximum absolute atomic E-state index is 3.75. The summed E-state index contributed by atoms with van der Waals surface area (Å²) in [5.41, 5.74) is 0. The smallest absolute Gasteiger partial charge is 0.0263 e. The first-order valence-corrected chi connectivity index (χ1v) is 8.66. The van der Waals surface area contributed by atoms with E-state index in [9.17, 15) is 0 Å². The minimum absolute atomic E-state index is 0.785. The second-order valence-corrected chi connectivity index (χ2v) is 7.99. The van der Waals surface area contributed by atoms with Crippen molar-refractivity contribution in [2.45, 2.75) is 29.9 Å². The van der Waals surface area contributed by atoms with Crippen LogP contribution in [-0.2, 0) is 0 Å². The van der Waals surface area contributed by atoms with Gasteiger partial charge in [0.25, 0.3) is 0 Å². The molecule has 2 fully saturated rings. The van der Waals surface area contributed by atoms with Crippen LogP contribution < -0.4 is 5.32 Å². The van der Waals surface area contributed by atoms with Crippen LogP contribution in [0.1, 0.15) is 13.3 Å². The van der Waals surface area contributed by atoms with Crippen LogP contribution >= 0.6 is 35.3 Å². The third-order valence-electron chi connectivity index (χ3n) is 2.87. The van der Waals surface area contributed by atoms with E-state index in [2.05, 4.69) is 47.5 Å². The molecule has 3 unspecified atom stereocenters. The number of rotatable bonds is 3. The van der Waals surface area contributed by atoms with E-state index in [1.165, 1.54) is 36.0 Å². The Labute approximate surface area is 99.9 Å². The Balaban J connectivity index is 1.65. The van der Waals surface area contributed by atoms with E-state index >= 15 is 0 Å². The molecule has 4 heteroatoms. The van der Waals surface area contributed by atoms with Gasteiger partial charge >= 0.3 is 0 Å².